The van der Waals surface area contributed by atoms with Crippen LogP contribution < -0.4 is 21.3 Å². The Bertz CT molecular complexity index is 644. The Hall–Kier alpha value is -3.16. The summed E-state index contributed by atoms with van der Waals surface area (Å²) in [6.45, 7) is 6.06. The molecule has 0 aliphatic carbocycles. The zero-order valence-electron chi connectivity index (χ0n) is 16.6. The molecule has 6 N–H and O–H groups in total. The van der Waals surface area contributed by atoms with Gasteiger partial charge in [0.25, 0.3) is 0 Å². The fraction of sp³-hybridized carbons (Fsp3) is 0.562. The van der Waals surface area contributed by atoms with Crippen LogP contribution >= 0.6 is 11.8 Å². The van der Waals surface area contributed by atoms with Crippen LogP contribution in [-0.2, 0) is 23.9 Å². The molecule has 13 nitrogen and oxygen atoms in total. The number of urea groups is 1. The summed E-state index contributed by atoms with van der Waals surface area (Å²) in [7, 11) is 0. The number of aliphatic carboxylic acids is 2. The van der Waals surface area contributed by atoms with Crippen LogP contribution in [0.25, 0.3) is 0 Å². The lowest BCUT2D eigenvalue weighted by atomic mass is 10.3. The van der Waals surface area contributed by atoms with Crippen molar-refractivity contribution in [3.8, 4) is 0 Å². The van der Waals surface area contributed by atoms with Crippen LogP contribution in [0.2, 0.25) is 0 Å². The smallest absolute Gasteiger partial charge is 0.367 e. The lowest BCUT2D eigenvalue weighted by Gasteiger charge is -2.20. The summed E-state index contributed by atoms with van der Waals surface area (Å²) < 4.78 is 9.71. The van der Waals surface area contributed by atoms with E-state index in [9.17, 15) is 29.1 Å². The number of amides is 3. The lowest BCUT2D eigenvalue weighted by Crippen LogP contribution is -2.54. The minimum atomic E-state index is -1.30. The molecule has 0 aliphatic heterocycles. The first kappa shape index (κ1) is 26.8. The highest BCUT2D eigenvalue weighted by atomic mass is 32.2. The van der Waals surface area contributed by atoms with Gasteiger partial charge in [-0.2, -0.15) is 0 Å². The number of thioether (sulfide) groups is 1. The van der Waals surface area contributed by atoms with Gasteiger partial charge in [0.1, 0.15) is 18.6 Å². The molecule has 0 radical (unpaired) electrons. The molecule has 0 unspecified atom stereocenters. The summed E-state index contributed by atoms with van der Waals surface area (Å²) in [5, 5.41) is 26.2. The average Bonchev–Trinajstić information content (AvgIpc) is 2.66. The third-order valence-corrected chi connectivity index (χ3v) is 3.94. The Labute approximate surface area is 176 Å². The second-order valence-electron chi connectivity index (χ2n) is 5.40. The molecule has 0 heterocycles. The third-order valence-electron chi connectivity index (χ3n) is 3.08. The molecule has 0 aromatic carbocycles. The van der Waals surface area contributed by atoms with Crippen LogP contribution in [0.5, 0.6) is 0 Å². The fourth-order valence-corrected chi connectivity index (χ4v) is 2.53. The minimum Gasteiger partial charge on any atom is -0.480 e. The highest BCUT2D eigenvalue weighted by Gasteiger charge is 2.24. The predicted octanol–water partition coefficient (Wildman–Crippen LogP) is -0.705. The average molecular weight is 450 g/mol. The first-order chi connectivity index (χ1) is 14.1. The third kappa shape index (κ3) is 12.3. The van der Waals surface area contributed by atoms with Gasteiger partial charge >= 0.3 is 23.3 Å². The number of hydrogen-bond donors (Lipinski definition) is 6. The number of carboxylic acid groups (broad SMARTS) is 2. The van der Waals surface area contributed by atoms with Gasteiger partial charge in [0.15, 0.2) is 5.88 Å². The van der Waals surface area contributed by atoms with E-state index in [4.69, 9.17) is 14.6 Å². The van der Waals surface area contributed by atoms with Crippen LogP contribution in [0, 0.1) is 0 Å². The van der Waals surface area contributed by atoms with E-state index in [0.29, 0.717) is 11.8 Å². The van der Waals surface area contributed by atoms with E-state index < -0.39 is 47.8 Å². The van der Waals surface area contributed by atoms with E-state index >= 15 is 0 Å². The summed E-state index contributed by atoms with van der Waals surface area (Å²) in [6, 6.07) is -3.46. The molecule has 2 atom stereocenters. The van der Waals surface area contributed by atoms with Crippen molar-refractivity contribution in [2.24, 2.45) is 0 Å². The Balaban J connectivity index is 4.87. The zero-order chi connectivity index (χ0) is 23.1. The van der Waals surface area contributed by atoms with Crippen LogP contribution in [0.1, 0.15) is 13.8 Å². The van der Waals surface area contributed by atoms with E-state index in [1.165, 1.54) is 0 Å². The van der Waals surface area contributed by atoms with Gasteiger partial charge in [-0.1, -0.05) is 0 Å². The monoisotopic (exact) mass is 450 g/mol. The number of rotatable bonds is 14. The lowest BCUT2D eigenvalue weighted by molar-refractivity contribution is -0.139. The molecule has 0 saturated heterocycles. The van der Waals surface area contributed by atoms with Crippen LogP contribution in [0.3, 0.4) is 0 Å². The highest BCUT2D eigenvalue weighted by Crippen LogP contribution is 2.07. The second-order valence-corrected chi connectivity index (χ2v) is 6.36. The standard InChI is InChI=1S/C16H26N4O9S/c1-4-28-9(3)19-10(14(24)25)6-18-15(26)20-11(8-30-16(27)29-5-2)13(23)17-7-12(21)22/h10-11,19H,3-8H2,1-2H3,(H,17,23)(H,21,22)(H,24,25)(H2,18,20,26)/t10-,11-/m0/s1. The van der Waals surface area contributed by atoms with E-state index in [-0.39, 0.29) is 31.4 Å². The summed E-state index contributed by atoms with van der Waals surface area (Å²) >= 11 is 0.610. The van der Waals surface area contributed by atoms with E-state index in [1.807, 2.05) is 0 Å². The normalized spacial score (nSPS) is 11.9. The predicted molar refractivity (Wildman–Crippen MR) is 106 cm³/mol. The van der Waals surface area contributed by atoms with E-state index in [2.05, 4.69) is 27.8 Å². The van der Waals surface area contributed by atoms with Gasteiger partial charge in [0.2, 0.25) is 5.91 Å². The number of carbonyl (C=O) groups is 5. The molecule has 0 saturated carbocycles. The molecular formula is C16H26N4O9S. The van der Waals surface area contributed by atoms with Crippen molar-refractivity contribution in [3.05, 3.63) is 12.5 Å². The van der Waals surface area contributed by atoms with Crippen molar-refractivity contribution >= 4 is 40.9 Å². The van der Waals surface area contributed by atoms with Crippen molar-refractivity contribution in [1.29, 1.82) is 0 Å². The fourth-order valence-electron chi connectivity index (χ4n) is 1.79. The molecule has 0 fully saturated rings. The van der Waals surface area contributed by atoms with Crippen molar-refractivity contribution < 1.29 is 43.7 Å². The Morgan fingerprint density at radius 2 is 1.60 bits per heavy atom. The number of carboxylic acids is 2. The summed E-state index contributed by atoms with van der Waals surface area (Å²) in [5.41, 5.74) is 0. The Kier molecular flexibility index (Phi) is 13.2. The van der Waals surface area contributed by atoms with Crippen LogP contribution in [0.4, 0.5) is 9.59 Å². The van der Waals surface area contributed by atoms with E-state index in [1.54, 1.807) is 13.8 Å². The Morgan fingerprint density at radius 3 is 2.13 bits per heavy atom. The van der Waals surface area contributed by atoms with Crippen molar-refractivity contribution in [2.75, 3.05) is 32.1 Å². The SMILES string of the molecule is C=C(N[C@@H](CNC(=O)N[C@@H](CSC(=O)OCC)C(=O)NCC(=O)O)C(=O)O)OCC. The van der Waals surface area contributed by atoms with Crippen LogP contribution in [-0.4, -0.2) is 83.5 Å². The molecule has 0 spiro atoms. The number of nitrogens with one attached hydrogen (secondary N) is 4. The summed E-state index contributed by atoms with van der Waals surface area (Å²) in [6.07, 6.45) is 0. The van der Waals surface area contributed by atoms with Gasteiger partial charge in [-0.15, -0.1) is 0 Å². The first-order valence-electron chi connectivity index (χ1n) is 8.75. The first-order valence-corrected chi connectivity index (χ1v) is 9.73. The molecule has 0 aliphatic rings. The van der Waals surface area contributed by atoms with Crippen molar-refractivity contribution in [2.45, 2.75) is 25.9 Å². The van der Waals surface area contributed by atoms with Gasteiger partial charge in [-0.05, 0) is 32.2 Å². The molecule has 0 aromatic rings. The van der Waals surface area contributed by atoms with Gasteiger partial charge in [-0.25, -0.2) is 14.4 Å². The van der Waals surface area contributed by atoms with Crippen molar-refractivity contribution in [3.63, 3.8) is 0 Å². The van der Waals surface area contributed by atoms with Gasteiger partial charge < -0.3 is 41.0 Å². The molecule has 0 aromatic heterocycles. The van der Waals surface area contributed by atoms with Gasteiger partial charge in [0.05, 0.1) is 19.8 Å². The van der Waals surface area contributed by atoms with Gasteiger partial charge in [-0.3, -0.25) is 9.59 Å². The molecule has 170 valence electrons. The minimum absolute atomic E-state index is 0.00358. The molecule has 14 heteroatoms. The topological polar surface area (TPSA) is 192 Å². The second kappa shape index (κ2) is 14.8. The quantitative estimate of drug-likeness (QED) is 0.145. The molecular weight excluding hydrogens is 424 g/mol. The number of carbonyl (C=O) groups excluding carboxylic acids is 3. The van der Waals surface area contributed by atoms with Crippen molar-refractivity contribution in [1.82, 2.24) is 21.3 Å². The maximum absolute atomic E-state index is 12.1. The van der Waals surface area contributed by atoms with Crippen LogP contribution in [0.15, 0.2) is 12.5 Å². The molecule has 0 bridgehead atoms. The number of hydrogen-bond acceptors (Lipinski definition) is 9. The Morgan fingerprint density at radius 1 is 0.967 bits per heavy atom. The molecule has 3 amide bonds. The zero-order valence-corrected chi connectivity index (χ0v) is 17.4. The number of ether oxygens (including phenoxy) is 2. The maximum Gasteiger partial charge on any atom is 0.367 e. The highest BCUT2D eigenvalue weighted by molar-refractivity contribution is 8.13. The summed E-state index contributed by atoms with van der Waals surface area (Å²) in [5.74, 6) is -3.66. The van der Waals surface area contributed by atoms with E-state index in [0.717, 1.165) is 0 Å². The molecule has 0 rings (SSSR count). The molecule has 30 heavy (non-hydrogen) atoms. The maximum atomic E-state index is 12.1. The largest absolute Gasteiger partial charge is 0.480 e. The summed E-state index contributed by atoms with van der Waals surface area (Å²) in [4.78, 5) is 57.5. The van der Waals surface area contributed by atoms with Gasteiger partial charge in [0, 0.05) is 5.75 Å².